The van der Waals surface area contributed by atoms with Gasteiger partial charge in [-0.05, 0) is 23.6 Å². The smallest absolute Gasteiger partial charge is 0.363 e. The first-order chi connectivity index (χ1) is 11.7. The number of nitrogens with zero attached hydrogens (tertiary/aromatic N) is 1. The maximum atomic E-state index is 13.6. The zero-order valence-electron chi connectivity index (χ0n) is 12.4. The molecule has 2 aromatic heterocycles. The molecule has 3 atom stereocenters. The van der Waals surface area contributed by atoms with E-state index in [1.807, 2.05) is 0 Å². The molecule has 0 radical (unpaired) electrons. The molecule has 1 saturated heterocycles. The second kappa shape index (κ2) is 6.12. The van der Waals surface area contributed by atoms with Gasteiger partial charge < -0.3 is 15.7 Å². The van der Waals surface area contributed by atoms with Crippen molar-refractivity contribution < 1.29 is 27.9 Å². The first-order valence-electron chi connectivity index (χ1n) is 7.09. The Morgan fingerprint density at radius 3 is 2.64 bits per heavy atom. The largest absolute Gasteiger partial charge is 0.437 e. The van der Waals surface area contributed by atoms with Crippen molar-refractivity contribution in [3.05, 3.63) is 52.5 Å². The number of nitrogens with one attached hydrogen (secondary N) is 2. The number of hydrogen-bond donors (Lipinski definition) is 3. The van der Waals surface area contributed by atoms with Gasteiger partial charge in [0.25, 0.3) is 0 Å². The van der Waals surface area contributed by atoms with E-state index >= 15 is 0 Å². The molecule has 132 valence electrons. The second-order valence-corrected chi connectivity index (χ2v) is 6.42. The third kappa shape index (κ3) is 2.98. The molecular formula is C15H12F3N3O3S. The molecule has 0 spiro atoms. The summed E-state index contributed by atoms with van der Waals surface area (Å²) in [4.78, 5) is 28.6. The van der Waals surface area contributed by atoms with E-state index in [0.29, 0.717) is 4.88 Å². The Hall–Kier alpha value is -2.46. The molecule has 1 aliphatic heterocycles. The number of carbonyl (C=O) groups is 2. The van der Waals surface area contributed by atoms with Crippen molar-refractivity contribution in [1.82, 2.24) is 15.6 Å². The second-order valence-electron chi connectivity index (χ2n) is 5.44. The van der Waals surface area contributed by atoms with E-state index in [1.165, 1.54) is 29.7 Å². The number of thiophene rings is 1. The number of pyridine rings is 1. The predicted octanol–water partition coefficient (Wildman–Crippen LogP) is 2.25. The van der Waals surface area contributed by atoms with Gasteiger partial charge >= 0.3 is 12.2 Å². The summed E-state index contributed by atoms with van der Waals surface area (Å²) in [7, 11) is 0. The van der Waals surface area contributed by atoms with E-state index in [9.17, 15) is 27.9 Å². The van der Waals surface area contributed by atoms with Crippen LogP contribution in [0.5, 0.6) is 0 Å². The van der Waals surface area contributed by atoms with Crippen LogP contribution < -0.4 is 10.6 Å². The van der Waals surface area contributed by atoms with Gasteiger partial charge in [-0.1, -0.05) is 6.07 Å². The van der Waals surface area contributed by atoms with Crippen molar-refractivity contribution in [1.29, 1.82) is 0 Å². The molecule has 3 rings (SSSR count). The molecule has 1 aliphatic rings. The molecule has 0 aliphatic carbocycles. The molecule has 1 fully saturated rings. The average molecular weight is 371 g/mol. The van der Waals surface area contributed by atoms with Gasteiger partial charge in [-0.25, -0.2) is 4.79 Å². The van der Waals surface area contributed by atoms with Crippen molar-refractivity contribution in [2.45, 2.75) is 17.9 Å². The van der Waals surface area contributed by atoms with Crippen LogP contribution in [0.15, 0.2) is 42.0 Å². The van der Waals surface area contributed by atoms with Crippen LogP contribution in [0.1, 0.15) is 21.3 Å². The Balaban J connectivity index is 2.14. The van der Waals surface area contributed by atoms with Crippen molar-refractivity contribution in [2.24, 2.45) is 5.92 Å². The number of aliphatic hydroxyl groups is 1. The van der Waals surface area contributed by atoms with Crippen molar-refractivity contribution >= 4 is 23.2 Å². The highest BCUT2D eigenvalue weighted by atomic mass is 32.1. The molecule has 3 unspecified atom stereocenters. The van der Waals surface area contributed by atoms with Crippen molar-refractivity contribution in [3.8, 4) is 0 Å². The molecule has 25 heavy (non-hydrogen) atoms. The summed E-state index contributed by atoms with van der Waals surface area (Å²) in [6, 6.07) is 3.21. The van der Waals surface area contributed by atoms with Crippen LogP contribution in [0.2, 0.25) is 0 Å². The van der Waals surface area contributed by atoms with Crippen LogP contribution in [0.25, 0.3) is 0 Å². The van der Waals surface area contributed by atoms with Gasteiger partial charge in [0.1, 0.15) is 5.92 Å². The highest BCUT2D eigenvalue weighted by Crippen LogP contribution is 2.44. The van der Waals surface area contributed by atoms with Gasteiger partial charge in [0.05, 0.1) is 6.04 Å². The summed E-state index contributed by atoms with van der Waals surface area (Å²) in [5, 5.41) is 15.7. The fourth-order valence-electron chi connectivity index (χ4n) is 2.73. The number of hydrogen-bond acceptors (Lipinski definition) is 5. The molecule has 3 heterocycles. The minimum Gasteiger partial charge on any atom is -0.363 e. The Kier molecular flexibility index (Phi) is 4.25. The third-order valence-corrected chi connectivity index (χ3v) is 4.84. The average Bonchev–Trinajstić information content (AvgIpc) is 3.08. The van der Waals surface area contributed by atoms with Crippen molar-refractivity contribution in [3.63, 3.8) is 0 Å². The van der Waals surface area contributed by atoms with E-state index in [0.717, 1.165) is 17.5 Å². The lowest BCUT2D eigenvalue weighted by Crippen LogP contribution is -2.72. The lowest BCUT2D eigenvalue weighted by Gasteiger charge is -2.44. The zero-order chi connectivity index (χ0) is 18.2. The fraction of sp³-hybridized carbons (Fsp3) is 0.267. The number of rotatable bonds is 3. The van der Waals surface area contributed by atoms with Crippen LogP contribution in [-0.4, -0.2) is 33.8 Å². The quantitative estimate of drug-likeness (QED) is 0.722. The minimum absolute atomic E-state index is 0.102. The number of carbonyl (C=O) groups excluding carboxylic acids is 2. The maximum Gasteiger partial charge on any atom is 0.437 e. The van der Waals surface area contributed by atoms with Crippen LogP contribution in [0, 0.1) is 5.92 Å². The molecule has 10 heteroatoms. The van der Waals surface area contributed by atoms with Crippen molar-refractivity contribution in [2.75, 3.05) is 0 Å². The van der Waals surface area contributed by atoms with Crippen LogP contribution in [0.3, 0.4) is 0 Å². The van der Waals surface area contributed by atoms with Gasteiger partial charge in [-0.15, -0.1) is 11.3 Å². The highest BCUT2D eigenvalue weighted by Gasteiger charge is 2.66. The van der Waals surface area contributed by atoms with Gasteiger partial charge in [0, 0.05) is 22.8 Å². The van der Waals surface area contributed by atoms with E-state index in [4.69, 9.17) is 0 Å². The molecule has 0 aromatic carbocycles. The summed E-state index contributed by atoms with van der Waals surface area (Å²) in [5.41, 5.74) is -3.81. The summed E-state index contributed by atoms with van der Waals surface area (Å²) in [6.07, 6.45) is -2.78. The number of urea groups is 1. The maximum absolute atomic E-state index is 13.6. The molecule has 2 aromatic rings. The summed E-state index contributed by atoms with van der Waals surface area (Å²) in [6.45, 7) is 0. The Bertz CT molecular complexity index is 782. The van der Waals surface area contributed by atoms with E-state index in [2.05, 4.69) is 10.3 Å². The number of halogens is 3. The number of amides is 2. The standard InChI is InChI=1S/C15H12F3N3O3S/c16-15(17,18)14(24)10(12(22)8-3-1-5-19-7-8)11(20-13(23)21-14)9-4-2-6-25-9/h1-7,10-11,24H,(H2,20,21,23). The monoisotopic (exact) mass is 371 g/mol. The van der Waals surface area contributed by atoms with Gasteiger partial charge in [-0.3, -0.25) is 9.78 Å². The summed E-state index contributed by atoms with van der Waals surface area (Å²) in [5.74, 6) is -3.01. The lowest BCUT2D eigenvalue weighted by atomic mass is 9.79. The fourth-order valence-corrected chi connectivity index (χ4v) is 3.55. The van der Waals surface area contributed by atoms with Gasteiger partial charge in [0.15, 0.2) is 5.78 Å². The van der Waals surface area contributed by atoms with E-state index in [-0.39, 0.29) is 5.56 Å². The molecular weight excluding hydrogens is 359 g/mol. The van der Waals surface area contributed by atoms with Gasteiger partial charge in [0.2, 0.25) is 5.72 Å². The molecule has 2 amide bonds. The SMILES string of the molecule is O=C1NC(c2cccs2)C(C(=O)c2cccnc2)C(O)(C(F)(F)F)N1. The summed E-state index contributed by atoms with van der Waals surface area (Å²) >= 11 is 1.07. The number of aromatic nitrogens is 1. The minimum atomic E-state index is -5.26. The molecule has 0 saturated carbocycles. The number of Topliss-reactive ketones (excluding diaryl/α,β-unsaturated/α-hetero) is 1. The first kappa shape index (κ1) is 17.4. The zero-order valence-corrected chi connectivity index (χ0v) is 13.3. The normalized spacial score (nSPS) is 26.6. The Labute approximate surface area is 143 Å². The number of ketones is 1. The Morgan fingerprint density at radius 2 is 2.08 bits per heavy atom. The van der Waals surface area contributed by atoms with E-state index < -0.39 is 35.7 Å². The van der Waals surface area contributed by atoms with Crippen LogP contribution >= 0.6 is 11.3 Å². The van der Waals surface area contributed by atoms with Crippen LogP contribution in [-0.2, 0) is 0 Å². The summed E-state index contributed by atoms with van der Waals surface area (Å²) < 4.78 is 40.7. The molecule has 6 nitrogen and oxygen atoms in total. The molecule has 0 bridgehead atoms. The third-order valence-electron chi connectivity index (χ3n) is 3.88. The van der Waals surface area contributed by atoms with Gasteiger partial charge in [-0.2, -0.15) is 13.2 Å². The van der Waals surface area contributed by atoms with Crippen LogP contribution in [0.4, 0.5) is 18.0 Å². The topological polar surface area (TPSA) is 91.3 Å². The lowest BCUT2D eigenvalue weighted by molar-refractivity contribution is -0.287. The Morgan fingerprint density at radius 1 is 1.32 bits per heavy atom. The highest BCUT2D eigenvalue weighted by molar-refractivity contribution is 7.10. The predicted molar refractivity (Wildman–Crippen MR) is 81.8 cm³/mol. The number of alkyl halides is 3. The molecule has 3 N–H and O–H groups in total. The first-order valence-corrected chi connectivity index (χ1v) is 7.97. The van der Waals surface area contributed by atoms with E-state index in [1.54, 1.807) is 11.4 Å².